The van der Waals surface area contributed by atoms with Crippen molar-refractivity contribution < 1.29 is 9.53 Å². The first-order chi connectivity index (χ1) is 11.7. The van der Waals surface area contributed by atoms with Crippen molar-refractivity contribution in [3.8, 4) is 18.1 Å². The molecule has 0 spiro atoms. The topological polar surface area (TPSA) is 41.6 Å². The lowest BCUT2D eigenvalue weighted by Crippen LogP contribution is -2.21. The molecule has 0 unspecified atom stereocenters. The Morgan fingerprint density at radius 3 is 2.75 bits per heavy atom. The number of carbonyl (C=O) groups excluding carboxylic acids is 1. The molecule has 0 aliphatic heterocycles. The standard InChI is InChI=1S/C20H22N2O2/c1-3-13-22(2)14-8-15-24-19-12-7-11-18(16-19)21-20(23)17-9-5-4-6-10-17/h1,4-7,9-12,16H,8,13-15H2,2H3,(H,21,23). The highest BCUT2D eigenvalue weighted by Crippen LogP contribution is 2.18. The minimum atomic E-state index is -0.136. The fourth-order valence-corrected chi connectivity index (χ4v) is 2.22. The third kappa shape index (κ3) is 5.79. The molecule has 0 aliphatic rings. The maximum atomic E-state index is 12.1. The number of amides is 1. The Morgan fingerprint density at radius 1 is 1.21 bits per heavy atom. The molecule has 2 aromatic rings. The number of hydrogen-bond acceptors (Lipinski definition) is 3. The average molecular weight is 322 g/mol. The number of ether oxygens (including phenoxy) is 1. The maximum absolute atomic E-state index is 12.1. The predicted octanol–water partition coefficient (Wildman–Crippen LogP) is 3.27. The Hall–Kier alpha value is -2.77. The van der Waals surface area contributed by atoms with E-state index in [1.807, 2.05) is 49.5 Å². The lowest BCUT2D eigenvalue weighted by Gasteiger charge is -2.13. The van der Waals surface area contributed by atoms with E-state index in [1.54, 1.807) is 12.1 Å². The summed E-state index contributed by atoms with van der Waals surface area (Å²) in [5, 5.41) is 2.87. The molecule has 124 valence electrons. The molecule has 2 aromatic carbocycles. The number of benzene rings is 2. The van der Waals surface area contributed by atoms with Gasteiger partial charge in [-0.25, -0.2) is 0 Å². The molecule has 1 amide bonds. The highest BCUT2D eigenvalue weighted by Gasteiger charge is 2.05. The van der Waals surface area contributed by atoms with Gasteiger partial charge in [0.2, 0.25) is 0 Å². The van der Waals surface area contributed by atoms with Gasteiger partial charge in [-0.2, -0.15) is 0 Å². The van der Waals surface area contributed by atoms with Crippen molar-refractivity contribution in [1.29, 1.82) is 0 Å². The van der Waals surface area contributed by atoms with Gasteiger partial charge in [0, 0.05) is 23.9 Å². The van der Waals surface area contributed by atoms with Crippen LogP contribution < -0.4 is 10.1 Å². The van der Waals surface area contributed by atoms with Gasteiger partial charge in [0.05, 0.1) is 13.2 Å². The average Bonchev–Trinajstić information content (AvgIpc) is 2.60. The number of nitrogens with zero attached hydrogens (tertiary/aromatic N) is 1. The minimum absolute atomic E-state index is 0.136. The molecule has 4 heteroatoms. The predicted molar refractivity (Wildman–Crippen MR) is 97.3 cm³/mol. The highest BCUT2D eigenvalue weighted by molar-refractivity contribution is 6.04. The van der Waals surface area contributed by atoms with Crippen LogP contribution in [0.5, 0.6) is 5.75 Å². The molecule has 0 bridgehead atoms. The SMILES string of the molecule is C#CCN(C)CCCOc1cccc(NC(=O)c2ccccc2)c1. The molecule has 4 nitrogen and oxygen atoms in total. The molecule has 0 heterocycles. The van der Waals surface area contributed by atoms with E-state index in [4.69, 9.17) is 11.2 Å². The second-order valence-corrected chi connectivity index (χ2v) is 5.49. The molecular weight excluding hydrogens is 300 g/mol. The van der Waals surface area contributed by atoms with Crippen LogP contribution in [0, 0.1) is 12.3 Å². The zero-order valence-electron chi connectivity index (χ0n) is 13.9. The van der Waals surface area contributed by atoms with Crippen molar-refractivity contribution in [3.63, 3.8) is 0 Å². The van der Waals surface area contributed by atoms with Crippen molar-refractivity contribution >= 4 is 11.6 Å². The summed E-state index contributed by atoms with van der Waals surface area (Å²) < 4.78 is 5.73. The van der Waals surface area contributed by atoms with Gasteiger partial charge >= 0.3 is 0 Å². The molecule has 0 aromatic heterocycles. The minimum Gasteiger partial charge on any atom is -0.493 e. The van der Waals surface area contributed by atoms with Gasteiger partial charge in [-0.05, 0) is 37.7 Å². The quantitative estimate of drug-likeness (QED) is 0.599. The molecule has 2 rings (SSSR count). The molecule has 24 heavy (non-hydrogen) atoms. The smallest absolute Gasteiger partial charge is 0.255 e. The number of anilines is 1. The van der Waals surface area contributed by atoms with Crippen molar-refractivity contribution in [3.05, 3.63) is 60.2 Å². The van der Waals surface area contributed by atoms with E-state index in [-0.39, 0.29) is 5.91 Å². The highest BCUT2D eigenvalue weighted by atomic mass is 16.5. The third-order valence-electron chi connectivity index (χ3n) is 3.44. The van der Waals surface area contributed by atoms with Gasteiger partial charge in [0.1, 0.15) is 5.75 Å². The number of terminal acetylenes is 1. The van der Waals surface area contributed by atoms with Crippen LogP contribution in [0.25, 0.3) is 0 Å². The third-order valence-corrected chi connectivity index (χ3v) is 3.44. The van der Waals surface area contributed by atoms with Gasteiger partial charge < -0.3 is 10.1 Å². The Morgan fingerprint density at radius 2 is 2.00 bits per heavy atom. The summed E-state index contributed by atoms with van der Waals surface area (Å²) in [6.07, 6.45) is 6.15. The number of rotatable bonds is 8. The molecule has 0 aliphatic carbocycles. The van der Waals surface area contributed by atoms with Crippen LogP contribution in [0.3, 0.4) is 0 Å². The molecular formula is C20H22N2O2. The summed E-state index contributed by atoms with van der Waals surface area (Å²) in [7, 11) is 1.99. The van der Waals surface area contributed by atoms with E-state index in [9.17, 15) is 4.79 Å². The molecule has 0 saturated carbocycles. The van der Waals surface area contributed by atoms with E-state index >= 15 is 0 Å². The van der Waals surface area contributed by atoms with Crippen molar-refractivity contribution in [2.24, 2.45) is 0 Å². The van der Waals surface area contributed by atoms with Gasteiger partial charge in [-0.15, -0.1) is 6.42 Å². The Bertz CT molecular complexity index is 692. The first kappa shape index (κ1) is 17.6. The fraction of sp³-hybridized carbons (Fsp3) is 0.250. The molecule has 1 N–H and O–H groups in total. The Kier molecular flexibility index (Phi) is 6.88. The Labute approximate surface area is 143 Å². The summed E-state index contributed by atoms with van der Waals surface area (Å²) >= 11 is 0. The first-order valence-electron chi connectivity index (χ1n) is 7.90. The van der Waals surface area contributed by atoms with E-state index in [2.05, 4.69) is 16.1 Å². The van der Waals surface area contributed by atoms with Crippen LogP contribution in [0.15, 0.2) is 54.6 Å². The number of hydrogen-bond donors (Lipinski definition) is 1. The van der Waals surface area contributed by atoms with Gasteiger partial charge in [-0.1, -0.05) is 30.2 Å². The zero-order chi connectivity index (χ0) is 17.2. The second kappa shape index (κ2) is 9.39. The van der Waals surface area contributed by atoms with Crippen molar-refractivity contribution in [2.45, 2.75) is 6.42 Å². The van der Waals surface area contributed by atoms with Crippen LogP contribution in [-0.4, -0.2) is 37.6 Å². The largest absolute Gasteiger partial charge is 0.493 e. The van der Waals surface area contributed by atoms with Gasteiger partial charge in [-0.3, -0.25) is 9.69 Å². The summed E-state index contributed by atoms with van der Waals surface area (Å²) in [5.74, 6) is 3.21. The van der Waals surface area contributed by atoms with E-state index < -0.39 is 0 Å². The van der Waals surface area contributed by atoms with Crippen LogP contribution >= 0.6 is 0 Å². The van der Waals surface area contributed by atoms with Crippen molar-refractivity contribution in [1.82, 2.24) is 4.90 Å². The van der Waals surface area contributed by atoms with Crippen LogP contribution in [0.1, 0.15) is 16.8 Å². The summed E-state index contributed by atoms with van der Waals surface area (Å²) in [6.45, 7) is 2.13. The van der Waals surface area contributed by atoms with E-state index in [1.165, 1.54) is 0 Å². The van der Waals surface area contributed by atoms with Gasteiger partial charge in [0.25, 0.3) is 5.91 Å². The normalized spacial score (nSPS) is 10.2. The number of nitrogens with one attached hydrogen (secondary N) is 1. The van der Waals surface area contributed by atoms with E-state index in [0.29, 0.717) is 24.4 Å². The van der Waals surface area contributed by atoms with Gasteiger partial charge in [0.15, 0.2) is 0 Å². The fourth-order valence-electron chi connectivity index (χ4n) is 2.22. The summed E-state index contributed by atoms with van der Waals surface area (Å²) in [4.78, 5) is 14.2. The zero-order valence-corrected chi connectivity index (χ0v) is 13.9. The molecule has 0 fully saturated rings. The van der Waals surface area contributed by atoms with Crippen LogP contribution in [0.4, 0.5) is 5.69 Å². The van der Waals surface area contributed by atoms with Crippen LogP contribution in [0.2, 0.25) is 0 Å². The lowest BCUT2D eigenvalue weighted by molar-refractivity contribution is 0.102. The first-order valence-corrected chi connectivity index (χ1v) is 7.90. The molecule has 0 saturated heterocycles. The maximum Gasteiger partial charge on any atom is 0.255 e. The second-order valence-electron chi connectivity index (χ2n) is 5.49. The summed E-state index contributed by atoms with van der Waals surface area (Å²) in [6, 6.07) is 16.5. The van der Waals surface area contributed by atoms with E-state index in [0.717, 1.165) is 18.7 Å². The molecule has 0 radical (unpaired) electrons. The monoisotopic (exact) mass is 322 g/mol. The van der Waals surface area contributed by atoms with Crippen LogP contribution in [-0.2, 0) is 0 Å². The lowest BCUT2D eigenvalue weighted by atomic mass is 10.2. The van der Waals surface area contributed by atoms with Crippen molar-refractivity contribution in [2.75, 3.05) is 32.1 Å². The summed E-state index contributed by atoms with van der Waals surface area (Å²) in [5.41, 5.74) is 1.34. The Balaban J connectivity index is 1.83. The number of carbonyl (C=O) groups is 1. The molecule has 0 atom stereocenters.